The molecule has 0 unspecified atom stereocenters. The first-order valence-electron chi connectivity index (χ1n) is 10.4. The van der Waals surface area contributed by atoms with Crippen LogP contribution < -0.4 is 4.74 Å². The monoisotopic (exact) mass is 473 g/mol. The van der Waals surface area contributed by atoms with E-state index in [1.54, 1.807) is 12.1 Å². The van der Waals surface area contributed by atoms with Crippen LogP contribution in [0.2, 0.25) is 0 Å². The number of hydrogen-bond donors (Lipinski definition) is 0. The number of hydrogen-bond acceptors (Lipinski definition) is 8. The lowest BCUT2D eigenvalue weighted by molar-refractivity contribution is -0.135. The number of carbonyl (C=O) groups is 3. The van der Waals surface area contributed by atoms with Gasteiger partial charge in [-0.1, -0.05) is 17.3 Å². The van der Waals surface area contributed by atoms with Crippen molar-refractivity contribution in [2.75, 3.05) is 27.3 Å². The molecule has 0 aliphatic carbocycles. The smallest absolute Gasteiger partial charge is 0.381 e. The molecule has 1 aliphatic heterocycles. The molecule has 0 radical (unpaired) electrons. The predicted octanol–water partition coefficient (Wildman–Crippen LogP) is 2.91. The Morgan fingerprint density at radius 3 is 2.41 bits per heavy atom. The molecule has 1 amide bonds. The van der Waals surface area contributed by atoms with Crippen molar-refractivity contribution >= 4 is 28.8 Å². The second-order valence-corrected chi connectivity index (χ2v) is 7.98. The van der Waals surface area contributed by atoms with Gasteiger partial charge >= 0.3 is 5.97 Å². The zero-order valence-electron chi connectivity index (χ0n) is 18.5. The fourth-order valence-corrected chi connectivity index (χ4v) is 3.91. The molecule has 1 aromatic carbocycles. The quantitative estimate of drug-likeness (QED) is 0.305. The maximum Gasteiger partial charge on any atom is 0.381 e. The Morgan fingerprint density at radius 2 is 1.79 bits per heavy atom. The van der Waals surface area contributed by atoms with Crippen molar-refractivity contribution in [3.05, 3.63) is 53.1 Å². The summed E-state index contributed by atoms with van der Waals surface area (Å²) in [5.41, 5.74) is -1.42. The zero-order chi connectivity index (χ0) is 24.5. The molecule has 11 heteroatoms. The summed E-state index contributed by atoms with van der Waals surface area (Å²) in [7, 11) is 2.38. The minimum absolute atomic E-state index is 0.0429. The number of methoxy groups -OCH3 is 2. The highest BCUT2D eigenvalue weighted by molar-refractivity contribution is 6.42. The number of piperidine rings is 1. The van der Waals surface area contributed by atoms with Crippen molar-refractivity contribution in [3.63, 3.8) is 0 Å². The van der Waals surface area contributed by atoms with Crippen molar-refractivity contribution in [1.29, 1.82) is 0 Å². The van der Waals surface area contributed by atoms with Gasteiger partial charge in [-0.2, -0.15) is 0 Å². The van der Waals surface area contributed by atoms with Crippen LogP contribution in [0, 0.1) is 5.82 Å². The number of aromatic nitrogens is 2. The van der Waals surface area contributed by atoms with Crippen LogP contribution in [-0.4, -0.2) is 65.7 Å². The van der Waals surface area contributed by atoms with Crippen LogP contribution >= 0.6 is 0 Å². The van der Waals surface area contributed by atoms with Crippen LogP contribution in [0.5, 0.6) is 5.75 Å². The van der Waals surface area contributed by atoms with Gasteiger partial charge in [0.25, 0.3) is 11.7 Å². The van der Waals surface area contributed by atoms with Gasteiger partial charge in [-0.15, -0.1) is 0 Å². The third-order valence-corrected chi connectivity index (χ3v) is 5.80. The summed E-state index contributed by atoms with van der Waals surface area (Å²) in [6, 6.07) is 7.01. The van der Waals surface area contributed by atoms with Gasteiger partial charge in [0.2, 0.25) is 0 Å². The lowest BCUT2D eigenvalue weighted by Crippen LogP contribution is -2.45. The van der Waals surface area contributed by atoms with Gasteiger partial charge in [0.1, 0.15) is 17.0 Å². The van der Waals surface area contributed by atoms with Crippen molar-refractivity contribution in [2.45, 2.75) is 24.9 Å². The third-order valence-electron chi connectivity index (χ3n) is 5.80. The number of carbonyl (C=O) groups excluding carboxylic acids is 3. The van der Waals surface area contributed by atoms with E-state index in [1.165, 1.54) is 30.2 Å². The lowest BCUT2D eigenvalue weighted by Gasteiger charge is -2.36. The average Bonchev–Trinajstić information content (AvgIpc) is 3.26. The number of nitrogens with zero attached hydrogens (tertiary/aromatic N) is 3. The molecule has 34 heavy (non-hydrogen) atoms. The zero-order valence-corrected chi connectivity index (χ0v) is 18.5. The van der Waals surface area contributed by atoms with Crippen molar-refractivity contribution in [3.8, 4) is 5.75 Å². The van der Waals surface area contributed by atoms with Gasteiger partial charge in [-0.3, -0.25) is 9.59 Å². The topological polar surface area (TPSA) is 112 Å². The van der Waals surface area contributed by atoms with E-state index in [1.807, 2.05) is 0 Å². The number of ether oxygens (including phenoxy) is 2. The molecule has 3 aromatic rings. The van der Waals surface area contributed by atoms with Crippen LogP contribution in [0.4, 0.5) is 8.78 Å². The minimum atomic E-state index is -1.54. The highest BCUT2D eigenvalue weighted by Crippen LogP contribution is 2.33. The van der Waals surface area contributed by atoms with Crippen molar-refractivity contribution in [2.24, 2.45) is 0 Å². The number of ketones is 1. The Kier molecular flexibility index (Phi) is 6.27. The summed E-state index contributed by atoms with van der Waals surface area (Å²) in [5, 5.41) is 3.58. The number of halogens is 2. The summed E-state index contributed by atoms with van der Waals surface area (Å²) in [5.74, 6) is -3.07. The SMILES string of the molecule is COC(=O)C(=O)c1noc2cc(OC)c(C(=O)N3CCC(F)(Cc4ccc(F)cc4)CC3)nc12. The number of esters is 1. The van der Waals surface area contributed by atoms with E-state index in [9.17, 15) is 18.8 Å². The maximum atomic E-state index is 15.4. The molecule has 9 nitrogen and oxygen atoms in total. The average molecular weight is 473 g/mol. The standard InChI is InChI=1S/C23H21F2N3O6/c1-32-15-11-16-17(19(27-34-16)20(29)22(31)33-2)26-18(15)21(30)28-9-7-23(25,8-10-28)12-13-3-5-14(24)6-4-13/h3-6,11H,7-10,12H2,1-2H3. The van der Waals surface area contributed by atoms with E-state index in [-0.39, 0.29) is 66.4 Å². The van der Waals surface area contributed by atoms with Gasteiger partial charge in [0.05, 0.1) is 14.2 Å². The highest BCUT2D eigenvalue weighted by Gasteiger charge is 2.37. The number of pyridine rings is 1. The van der Waals surface area contributed by atoms with Crippen LogP contribution in [-0.2, 0) is 16.0 Å². The molecule has 1 aliphatic rings. The van der Waals surface area contributed by atoms with E-state index < -0.39 is 23.3 Å². The molecule has 0 saturated carbocycles. The molecule has 178 valence electrons. The molecule has 1 saturated heterocycles. The molecular weight excluding hydrogens is 452 g/mol. The molecule has 4 rings (SSSR count). The minimum Gasteiger partial charge on any atom is -0.494 e. The number of likely N-dealkylation sites (tertiary alicyclic amines) is 1. The summed E-state index contributed by atoms with van der Waals surface area (Å²) in [6.45, 7) is 0.244. The van der Waals surface area contributed by atoms with Crippen LogP contribution in [0.15, 0.2) is 34.9 Å². The lowest BCUT2D eigenvalue weighted by atomic mass is 9.87. The van der Waals surface area contributed by atoms with E-state index >= 15 is 4.39 Å². The normalized spacial score (nSPS) is 15.2. The number of rotatable bonds is 6. The molecule has 0 N–H and O–H groups in total. The Morgan fingerprint density at radius 1 is 1.12 bits per heavy atom. The molecule has 0 bridgehead atoms. The fraction of sp³-hybridized carbons (Fsp3) is 0.348. The summed E-state index contributed by atoms with van der Waals surface area (Å²) in [4.78, 5) is 42.7. The first-order valence-corrected chi connectivity index (χ1v) is 10.4. The van der Waals surface area contributed by atoms with Gasteiger partial charge in [-0.25, -0.2) is 18.6 Å². The van der Waals surface area contributed by atoms with Crippen LogP contribution in [0.1, 0.15) is 39.4 Å². The molecule has 0 spiro atoms. The fourth-order valence-electron chi connectivity index (χ4n) is 3.91. The predicted molar refractivity (Wildman–Crippen MR) is 114 cm³/mol. The van der Waals surface area contributed by atoms with E-state index in [4.69, 9.17) is 9.26 Å². The molecule has 3 heterocycles. The molecule has 0 atom stereocenters. The summed E-state index contributed by atoms with van der Waals surface area (Å²) >= 11 is 0. The number of alkyl halides is 1. The van der Waals surface area contributed by atoms with Crippen molar-refractivity contribution < 1.29 is 37.2 Å². The number of benzene rings is 1. The van der Waals surface area contributed by atoms with Crippen LogP contribution in [0.25, 0.3) is 11.1 Å². The van der Waals surface area contributed by atoms with E-state index in [0.29, 0.717) is 5.56 Å². The second-order valence-electron chi connectivity index (χ2n) is 7.98. The molecule has 2 aromatic heterocycles. The Hall–Kier alpha value is -3.89. The first-order chi connectivity index (χ1) is 16.2. The second kappa shape index (κ2) is 9.16. The van der Waals surface area contributed by atoms with Gasteiger partial charge in [0.15, 0.2) is 22.7 Å². The molecule has 1 fully saturated rings. The Labute approximate surface area is 192 Å². The van der Waals surface area contributed by atoms with Gasteiger partial charge < -0.3 is 18.9 Å². The van der Waals surface area contributed by atoms with Gasteiger partial charge in [-0.05, 0) is 30.5 Å². The summed E-state index contributed by atoms with van der Waals surface area (Å²) < 4.78 is 43.2. The number of amides is 1. The maximum absolute atomic E-state index is 15.4. The third kappa shape index (κ3) is 4.45. The van der Waals surface area contributed by atoms with E-state index in [0.717, 1.165) is 7.11 Å². The van der Waals surface area contributed by atoms with E-state index in [2.05, 4.69) is 14.9 Å². The number of fused-ring (bicyclic) bond motifs is 1. The Bertz CT molecular complexity index is 1250. The summed E-state index contributed by atoms with van der Waals surface area (Å²) in [6.07, 6.45) is 0.280. The highest BCUT2D eigenvalue weighted by atomic mass is 19.1. The largest absolute Gasteiger partial charge is 0.494 e. The van der Waals surface area contributed by atoms with Crippen LogP contribution in [0.3, 0.4) is 0 Å². The number of Topliss-reactive ketones (excluding diaryl/α,β-unsaturated/α-hetero) is 1. The first kappa shape index (κ1) is 23.3. The van der Waals surface area contributed by atoms with Crippen molar-refractivity contribution in [1.82, 2.24) is 15.0 Å². The van der Waals surface area contributed by atoms with Gasteiger partial charge in [0, 0.05) is 25.6 Å². The molecular formula is C23H21F2N3O6. The Balaban J connectivity index is 1.55.